The number of aliphatic hydroxyl groups excluding tert-OH is 1. The van der Waals surface area contributed by atoms with Crippen LogP contribution in [-0.4, -0.2) is 30.3 Å². The Kier molecular flexibility index (Phi) is 4.83. The minimum absolute atomic E-state index is 0.260. The fourth-order valence-corrected chi connectivity index (χ4v) is 2.74. The first-order valence-electron chi connectivity index (χ1n) is 7.32. The van der Waals surface area contributed by atoms with Crippen LogP contribution in [-0.2, 0) is 6.54 Å². The zero-order chi connectivity index (χ0) is 13.8. The van der Waals surface area contributed by atoms with Gasteiger partial charge in [0.25, 0.3) is 0 Å². The van der Waals surface area contributed by atoms with E-state index in [9.17, 15) is 5.11 Å². The molecule has 1 aliphatic rings. The highest BCUT2D eigenvalue weighted by atomic mass is 16.3. The highest BCUT2D eigenvalue weighted by molar-refractivity contribution is 5.52. The molecule has 1 heterocycles. The van der Waals surface area contributed by atoms with Gasteiger partial charge in [-0.1, -0.05) is 19.9 Å². The zero-order valence-corrected chi connectivity index (χ0v) is 12.3. The second-order valence-electron chi connectivity index (χ2n) is 5.82. The van der Waals surface area contributed by atoms with Gasteiger partial charge in [-0.3, -0.25) is 0 Å². The van der Waals surface area contributed by atoms with E-state index >= 15 is 0 Å². The summed E-state index contributed by atoms with van der Waals surface area (Å²) in [4.78, 5) is 2.34. The maximum Gasteiger partial charge on any atom is 0.0635 e. The number of aryl methyl sites for hydroxylation is 1. The maximum absolute atomic E-state index is 9.42. The van der Waals surface area contributed by atoms with Crippen molar-refractivity contribution in [3.05, 3.63) is 29.3 Å². The van der Waals surface area contributed by atoms with E-state index in [-0.39, 0.29) is 6.61 Å². The number of hydrogen-bond acceptors (Lipinski definition) is 3. The summed E-state index contributed by atoms with van der Waals surface area (Å²) >= 11 is 0. The van der Waals surface area contributed by atoms with E-state index in [0.717, 1.165) is 19.5 Å². The summed E-state index contributed by atoms with van der Waals surface area (Å²) in [5.74, 6) is 0. The van der Waals surface area contributed by atoms with Crippen LogP contribution in [0.15, 0.2) is 18.2 Å². The molecule has 0 aromatic heterocycles. The molecule has 1 aromatic rings. The van der Waals surface area contributed by atoms with Gasteiger partial charge >= 0.3 is 0 Å². The normalized spacial score (nSPS) is 19.4. The third-order valence-electron chi connectivity index (χ3n) is 3.95. The predicted molar refractivity (Wildman–Crippen MR) is 80.6 cm³/mol. The molecule has 1 aliphatic heterocycles. The molecule has 2 rings (SSSR count). The average molecular weight is 262 g/mol. The Bertz CT molecular complexity index is 417. The number of hydrogen-bond donors (Lipinski definition) is 2. The lowest BCUT2D eigenvalue weighted by Crippen LogP contribution is -2.32. The monoisotopic (exact) mass is 262 g/mol. The van der Waals surface area contributed by atoms with Crippen molar-refractivity contribution in [3.8, 4) is 0 Å². The largest absolute Gasteiger partial charge is 0.394 e. The molecule has 0 radical (unpaired) electrons. The first kappa shape index (κ1) is 14.4. The third-order valence-corrected chi connectivity index (χ3v) is 3.95. The van der Waals surface area contributed by atoms with Crippen LogP contribution in [0.25, 0.3) is 0 Å². The summed E-state index contributed by atoms with van der Waals surface area (Å²) in [6.07, 6.45) is 2.28. The topological polar surface area (TPSA) is 35.5 Å². The van der Waals surface area contributed by atoms with Crippen LogP contribution in [0.3, 0.4) is 0 Å². The number of nitrogens with one attached hydrogen (secondary N) is 1. The van der Waals surface area contributed by atoms with Crippen LogP contribution < -0.4 is 10.2 Å². The van der Waals surface area contributed by atoms with Crippen molar-refractivity contribution < 1.29 is 5.11 Å². The number of anilines is 1. The van der Waals surface area contributed by atoms with Gasteiger partial charge in [0, 0.05) is 24.8 Å². The lowest BCUT2D eigenvalue weighted by molar-refractivity contribution is 0.266. The summed E-state index contributed by atoms with van der Waals surface area (Å²) in [5.41, 5.74) is 3.94. The van der Waals surface area contributed by atoms with Gasteiger partial charge in [-0.15, -0.1) is 0 Å². The van der Waals surface area contributed by atoms with Gasteiger partial charge in [0.15, 0.2) is 0 Å². The van der Waals surface area contributed by atoms with Crippen molar-refractivity contribution in [1.82, 2.24) is 5.32 Å². The lowest BCUT2D eigenvalue weighted by atomic mass is 10.1. The molecule has 1 atom stereocenters. The van der Waals surface area contributed by atoms with Crippen molar-refractivity contribution in [3.63, 3.8) is 0 Å². The minimum Gasteiger partial charge on any atom is -0.394 e. The second kappa shape index (κ2) is 6.40. The van der Waals surface area contributed by atoms with Crippen LogP contribution in [0.1, 0.15) is 37.8 Å². The van der Waals surface area contributed by atoms with Gasteiger partial charge in [-0.2, -0.15) is 0 Å². The number of aliphatic hydroxyl groups is 1. The molecule has 0 bridgehead atoms. The molecule has 1 fully saturated rings. The maximum atomic E-state index is 9.42. The Labute approximate surface area is 116 Å². The summed E-state index contributed by atoms with van der Waals surface area (Å²) in [5, 5.41) is 12.9. The Morgan fingerprint density at radius 2 is 2.21 bits per heavy atom. The molecule has 0 spiro atoms. The van der Waals surface area contributed by atoms with E-state index in [1.807, 2.05) is 0 Å². The highest BCUT2D eigenvalue weighted by Gasteiger charge is 2.23. The van der Waals surface area contributed by atoms with Crippen LogP contribution in [0, 0.1) is 6.92 Å². The Morgan fingerprint density at radius 3 is 2.84 bits per heavy atom. The molecule has 0 amide bonds. The van der Waals surface area contributed by atoms with Crippen molar-refractivity contribution in [2.24, 2.45) is 0 Å². The molecule has 0 saturated carbocycles. The molecule has 2 N–H and O–H groups in total. The van der Waals surface area contributed by atoms with E-state index in [1.54, 1.807) is 0 Å². The van der Waals surface area contributed by atoms with Crippen LogP contribution in [0.2, 0.25) is 0 Å². The van der Waals surface area contributed by atoms with Gasteiger partial charge in [0.05, 0.1) is 12.6 Å². The van der Waals surface area contributed by atoms with E-state index in [1.165, 1.54) is 23.2 Å². The Morgan fingerprint density at radius 1 is 1.42 bits per heavy atom. The van der Waals surface area contributed by atoms with Gasteiger partial charge in [-0.05, 0) is 43.0 Å². The molecular weight excluding hydrogens is 236 g/mol. The molecular formula is C16H26N2O. The highest BCUT2D eigenvalue weighted by Crippen LogP contribution is 2.27. The first-order valence-corrected chi connectivity index (χ1v) is 7.32. The van der Waals surface area contributed by atoms with Crippen molar-refractivity contribution in [1.29, 1.82) is 0 Å². The zero-order valence-electron chi connectivity index (χ0n) is 12.3. The Hall–Kier alpha value is -1.06. The van der Waals surface area contributed by atoms with E-state index in [0.29, 0.717) is 12.1 Å². The van der Waals surface area contributed by atoms with Crippen LogP contribution in [0.5, 0.6) is 0 Å². The smallest absolute Gasteiger partial charge is 0.0635 e. The number of nitrogens with zero attached hydrogens (tertiary/aromatic N) is 1. The molecule has 0 aliphatic carbocycles. The first-order chi connectivity index (χ1) is 9.11. The summed E-state index contributed by atoms with van der Waals surface area (Å²) in [6.45, 7) is 8.75. The quantitative estimate of drug-likeness (QED) is 0.855. The number of benzene rings is 1. The van der Waals surface area contributed by atoms with Crippen molar-refractivity contribution >= 4 is 5.69 Å². The van der Waals surface area contributed by atoms with Crippen molar-refractivity contribution in [2.75, 3.05) is 18.1 Å². The Balaban J connectivity index is 2.10. The van der Waals surface area contributed by atoms with E-state index in [4.69, 9.17) is 0 Å². The fourth-order valence-electron chi connectivity index (χ4n) is 2.74. The SMILES string of the molecule is Cc1cc(N2CCCC2CO)ccc1CNC(C)C. The molecule has 1 unspecified atom stereocenters. The average Bonchev–Trinajstić information content (AvgIpc) is 2.85. The van der Waals surface area contributed by atoms with E-state index in [2.05, 4.69) is 49.2 Å². The van der Waals surface area contributed by atoms with Crippen molar-refractivity contribution in [2.45, 2.75) is 52.2 Å². The molecule has 3 heteroatoms. The van der Waals surface area contributed by atoms with Gasteiger partial charge in [0.2, 0.25) is 0 Å². The summed E-state index contributed by atoms with van der Waals surface area (Å²) in [7, 11) is 0. The number of rotatable bonds is 5. The third kappa shape index (κ3) is 3.48. The second-order valence-corrected chi connectivity index (χ2v) is 5.82. The van der Waals surface area contributed by atoms with E-state index < -0.39 is 0 Å². The molecule has 1 aromatic carbocycles. The fraction of sp³-hybridized carbons (Fsp3) is 0.625. The molecule has 3 nitrogen and oxygen atoms in total. The van der Waals surface area contributed by atoms with Crippen LogP contribution >= 0.6 is 0 Å². The van der Waals surface area contributed by atoms with Gasteiger partial charge < -0.3 is 15.3 Å². The standard InChI is InChI=1S/C16H26N2O/c1-12(2)17-10-14-6-7-15(9-13(14)3)18-8-4-5-16(18)11-19/h6-7,9,12,16-17,19H,4-5,8,10-11H2,1-3H3. The van der Waals surface area contributed by atoms with Gasteiger partial charge in [-0.25, -0.2) is 0 Å². The summed E-state index contributed by atoms with van der Waals surface area (Å²) in [6, 6.07) is 7.48. The van der Waals surface area contributed by atoms with Crippen LogP contribution in [0.4, 0.5) is 5.69 Å². The summed E-state index contributed by atoms with van der Waals surface area (Å²) < 4.78 is 0. The molecule has 19 heavy (non-hydrogen) atoms. The predicted octanol–water partition coefficient (Wildman–Crippen LogP) is 2.45. The van der Waals surface area contributed by atoms with Gasteiger partial charge in [0.1, 0.15) is 0 Å². The molecule has 1 saturated heterocycles. The minimum atomic E-state index is 0.260. The molecule has 106 valence electrons. The lowest BCUT2D eigenvalue weighted by Gasteiger charge is -2.26.